The van der Waals surface area contributed by atoms with Crippen molar-refractivity contribution in [1.82, 2.24) is 4.98 Å². The van der Waals surface area contributed by atoms with Crippen LogP contribution >= 0.6 is 0 Å². The van der Waals surface area contributed by atoms with E-state index in [0.717, 1.165) is 12.0 Å². The van der Waals surface area contributed by atoms with Gasteiger partial charge in [0.25, 0.3) is 5.91 Å². The van der Waals surface area contributed by atoms with E-state index in [1.165, 1.54) is 12.1 Å². The number of benzene rings is 1. The number of carbonyl (C=O) groups excluding carboxylic acids is 1. The first-order chi connectivity index (χ1) is 10.0. The Balaban J connectivity index is 2.37. The van der Waals surface area contributed by atoms with Crippen LogP contribution in [0, 0.1) is 0 Å². The van der Waals surface area contributed by atoms with Crippen LogP contribution in [0.1, 0.15) is 23.0 Å². The maximum Gasteiger partial charge on any atom is 0.267 e. The number of hydrogen-bond acceptors (Lipinski definition) is 5. The number of rotatable bonds is 5. The van der Waals surface area contributed by atoms with Crippen LogP contribution in [0.3, 0.4) is 0 Å². The summed E-state index contributed by atoms with van der Waals surface area (Å²) < 4.78 is 10.9. The van der Waals surface area contributed by atoms with Gasteiger partial charge in [-0.25, -0.2) is 4.98 Å². The first-order valence-corrected chi connectivity index (χ1v) is 6.46. The van der Waals surface area contributed by atoms with E-state index in [1.54, 1.807) is 13.2 Å². The van der Waals surface area contributed by atoms with Crippen LogP contribution in [0.4, 0.5) is 5.69 Å². The molecule has 6 nitrogen and oxygen atoms in total. The molecule has 6 heteroatoms. The molecule has 1 aromatic carbocycles. The fourth-order valence-corrected chi connectivity index (χ4v) is 1.79. The van der Waals surface area contributed by atoms with Gasteiger partial charge in [-0.2, -0.15) is 0 Å². The average molecular weight is 287 g/mol. The largest absolute Gasteiger partial charge is 0.493 e. The van der Waals surface area contributed by atoms with Crippen LogP contribution < -0.4 is 20.9 Å². The van der Waals surface area contributed by atoms with Gasteiger partial charge in [-0.15, -0.1) is 0 Å². The van der Waals surface area contributed by atoms with Crippen LogP contribution in [-0.4, -0.2) is 18.0 Å². The number of hydrogen-bond donors (Lipinski definition) is 2. The van der Waals surface area contributed by atoms with Gasteiger partial charge in [-0.1, -0.05) is 13.0 Å². The van der Waals surface area contributed by atoms with E-state index in [-0.39, 0.29) is 11.6 Å². The van der Waals surface area contributed by atoms with E-state index in [1.807, 2.05) is 19.1 Å². The van der Waals surface area contributed by atoms with Gasteiger partial charge in [0.15, 0.2) is 11.5 Å². The van der Waals surface area contributed by atoms with Crippen molar-refractivity contribution in [2.75, 3.05) is 12.8 Å². The van der Waals surface area contributed by atoms with Gasteiger partial charge in [0.2, 0.25) is 5.88 Å². The molecule has 0 saturated heterocycles. The van der Waals surface area contributed by atoms with Gasteiger partial charge < -0.3 is 20.9 Å². The van der Waals surface area contributed by atoms with Crippen LogP contribution in [-0.2, 0) is 6.42 Å². The highest BCUT2D eigenvalue weighted by molar-refractivity contribution is 5.91. The Bertz CT molecular complexity index is 671. The Morgan fingerprint density at radius 1 is 1.24 bits per heavy atom. The molecule has 4 N–H and O–H groups in total. The number of ether oxygens (including phenoxy) is 2. The quantitative estimate of drug-likeness (QED) is 0.877. The number of primary amides is 1. The zero-order valence-electron chi connectivity index (χ0n) is 11.9. The van der Waals surface area contributed by atoms with Gasteiger partial charge in [-0.3, -0.25) is 4.79 Å². The molecular formula is C15H17N3O3. The maximum absolute atomic E-state index is 11.2. The lowest BCUT2D eigenvalue weighted by Crippen LogP contribution is -2.13. The summed E-state index contributed by atoms with van der Waals surface area (Å²) in [5.41, 5.74) is 12.5. The summed E-state index contributed by atoms with van der Waals surface area (Å²) in [7, 11) is 1.55. The molecule has 0 aliphatic heterocycles. The smallest absolute Gasteiger partial charge is 0.267 e. The number of amides is 1. The molecule has 110 valence electrons. The van der Waals surface area contributed by atoms with Crippen molar-refractivity contribution in [1.29, 1.82) is 0 Å². The minimum absolute atomic E-state index is 0.0864. The first-order valence-electron chi connectivity index (χ1n) is 6.46. The predicted molar refractivity (Wildman–Crippen MR) is 79.6 cm³/mol. The molecule has 0 aliphatic rings. The molecule has 0 aliphatic carbocycles. The molecule has 0 atom stereocenters. The number of nitrogens with two attached hydrogens (primary N) is 2. The molecule has 1 aromatic heterocycles. The minimum Gasteiger partial charge on any atom is -0.493 e. The lowest BCUT2D eigenvalue weighted by Gasteiger charge is -2.12. The number of pyridine rings is 1. The Morgan fingerprint density at radius 2 is 2.00 bits per heavy atom. The highest BCUT2D eigenvalue weighted by atomic mass is 16.5. The number of nitrogens with zero attached hydrogens (tertiary/aromatic N) is 1. The lowest BCUT2D eigenvalue weighted by molar-refractivity contribution is 0.0995. The third-order valence-corrected chi connectivity index (χ3v) is 2.99. The number of nitrogen functional groups attached to an aromatic ring is 1. The van der Waals surface area contributed by atoms with E-state index in [2.05, 4.69) is 4.98 Å². The first kappa shape index (κ1) is 14.6. The summed E-state index contributed by atoms with van der Waals surface area (Å²) in [4.78, 5) is 15.2. The van der Waals surface area contributed by atoms with E-state index < -0.39 is 5.91 Å². The molecule has 2 rings (SSSR count). The lowest BCUT2D eigenvalue weighted by atomic mass is 10.1. The van der Waals surface area contributed by atoms with Crippen LogP contribution in [0.2, 0.25) is 0 Å². The molecule has 0 fully saturated rings. The van der Waals surface area contributed by atoms with Crippen molar-refractivity contribution in [2.45, 2.75) is 13.3 Å². The Labute approximate surface area is 122 Å². The van der Waals surface area contributed by atoms with Gasteiger partial charge in [-0.05, 0) is 36.2 Å². The van der Waals surface area contributed by atoms with E-state index in [0.29, 0.717) is 17.2 Å². The molecule has 0 unspecified atom stereocenters. The predicted octanol–water partition coefficient (Wildman–Crippen LogP) is 2.13. The third-order valence-electron chi connectivity index (χ3n) is 2.99. The second kappa shape index (κ2) is 6.13. The third kappa shape index (κ3) is 3.22. The van der Waals surface area contributed by atoms with Crippen molar-refractivity contribution >= 4 is 11.6 Å². The number of methoxy groups -OCH3 is 1. The number of aryl methyl sites for hydroxylation is 1. The summed E-state index contributed by atoms with van der Waals surface area (Å²) in [5.74, 6) is 0.512. The van der Waals surface area contributed by atoms with Crippen LogP contribution in [0.25, 0.3) is 0 Å². The Hall–Kier alpha value is -2.76. The molecule has 21 heavy (non-hydrogen) atoms. The second-order valence-electron chi connectivity index (χ2n) is 4.40. The highest BCUT2D eigenvalue weighted by Crippen LogP contribution is 2.33. The molecule has 0 radical (unpaired) electrons. The summed E-state index contributed by atoms with van der Waals surface area (Å²) in [6, 6.07) is 8.54. The van der Waals surface area contributed by atoms with Gasteiger partial charge >= 0.3 is 0 Å². The Morgan fingerprint density at radius 3 is 2.62 bits per heavy atom. The molecule has 0 saturated carbocycles. The minimum atomic E-state index is -0.645. The summed E-state index contributed by atoms with van der Waals surface area (Å²) >= 11 is 0. The molecule has 0 spiro atoms. The second-order valence-corrected chi connectivity index (χ2v) is 4.40. The summed E-state index contributed by atoms with van der Waals surface area (Å²) in [6.07, 6.45) is 0.883. The molecular weight excluding hydrogens is 270 g/mol. The van der Waals surface area contributed by atoms with Crippen molar-refractivity contribution in [2.24, 2.45) is 5.73 Å². The zero-order valence-corrected chi connectivity index (χ0v) is 11.9. The highest BCUT2D eigenvalue weighted by Gasteiger charge is 2.12. The van der Waals surface area contributed by atoms with E-state index >= 15 is 0 Å². The van der Waals surface area contributed by atoms with E-state index in [9.17, 15) is 4.79 Å². The normalized spacial score (nSPS) is 10.2. The van der Waals surface area contributed by atoms with Crippen LogP contribution in [0.15, 0.2) is 30.3 Å². The topological polar surface area (TPSA) is 100 Å². The molecule has 1 heterocycles. The van der Waals surface area contributed by atoms with Crippen LogP contribution in [0.5, 0.6) is 17.4 Å². The number of carbonyl (C=O) groups is 1. The maximum atomic E-state index is 11.2. The van der Waals surface area contributed by atoms with Crippen molar-refractivity contribution in [3.05, 3.63) is 41.6 Å². The van der Waals surface area contributed by atoms with Crippen molar-refractivity contribution < 1.29 is 14.3 Å². The van der Waals surface area contributed by atoms with Crippen molar-refractivity contribution in [3.8, 4) is 17.4 Å². The van der Waals surface area contributed by atoms with E-state index in [4.69, 9.17) is 20.9 Å². The van der Waals surface area contributed by atoms with Crippen molar-refractivity contribution in [3.63, 3.8) is 0 Å². The summed E-state index contributed by atoms with van der Waals surface area (Å²) in [6.45, 7) is 2.05. The fraction of sp³-hybridized carbons (Fsp3) is 0.200. The number of anilines is 1. The van der Waals surface area contributed by atoms with Gasteiger partial charge in [0.1, 0.15) is 5.69 Å². The average Bonchev–Trinajstić information content (AvgIpc) is 2.49. The van der Waals surface area contributed by atoms with Gasteiger partial charge in [0, 0.05) is 0 Å². The molecule has 0 bridgehead atoms. The molecule has 2 aromatic rings. The fourth-order valence-electron chi connectivity index (χ4n) is 1.79. The Kier molecular flexibility index (Phi) is 4.27. The number of aromatic nitrogens is 1. The standard InChI is InChI=1S/C15H17N3O3/c1-3-9-4-7-12(13(8-9)20-2)21-15-10(16)5-6-11(18-15)14(17)19/h4-8H,3,16H2,1-2H3,(H2,17,19). The summed E-state index contributed by atoms with van der Waals surface area (Å²) in [5, 5.41) is 0. The van der Waals surface area contributed by atoms with Gasteiger partial charge in [0.05, 0.1) is 12.8 Å². The molecule has 1 amide bonds. The zero-order chi connectivity index (χ0) is 15.4. The SMILES string of the molecule is CCc1ccc(Oc2nc(C(N)=O)ccc2N)c(OC)c1. The monoisotopic (exact) mass is 287 g/mol.